The van der Waals surface area contributed by atoms with Crippen molar-refractivity contribution in [3.63, 3.8) is 0 Å². The van der Waals surface area contributed by atoms with E-state index in [4.69, 9.17) is 9.42 Å². The third-order valence-electron chi connectivity index (χ3n) is 1.21. The second kappa shape index (κ2) is 4.22. The third-order valence-corrected chi connectivity index (χ3v) is 2.33. The molecule has 6 heteroatoms. The highest BCUT2D eigenvalue weighted by molar-refractivity contribution is 9.08. The fourth-order valence-electron chi connectivity index (χ4n) is 0.740. The van der Waals surface area contributed by atoms with Gasteiger partial charge in [0.15, 0.2) is 0 Å². The molecule has 0 fully saturated rings. The van der Waals surface area contributed by atoms with Crippen LogP contribution in [0, 0.1) is 0 Å². The molecule has 1 heterocycles. The zero-order chi connectivity index (χ0) is 9.90. The minimum absolute atomic E-state index is 0.304. The van der Waals surface area contributed by atoms with Gasteiger partial charge in [0, 0.05) is 12.0 Å². The van der Waals surface area contributed by atoms with Crippen LogP contribution < -0.4 is 4.52 Å². The number of nitrogens with zero attached hydrogens (tertiary/aromatic N) is 1. The average molecular weight is 266 g/mol. The van der Waals surface area contributed by atoms with Gasteiger partial charge in [0.25, 0.3) is 0 Å². The Morgan fingerprint density at radius 2 is 2.38 bits per heavy atom. The highest BCUT2D eigenvalue weighted by Crippen LogP contribution is 2.37. The lowest BCUT2D eigenvalue weighted by molar-refractivity contribution is 0.387. The van der Waals surface area contributed by atoms with E-state index >= 15 is 0 Å². The number of hydrogen-bond acceptors (Lipinski definition) is 3. The number of aromatic nitrogens is 1. The number of pyridine rings is 1. The molecule has 0 aliphatic rings. The largest absolute Gasteiger partial charge is 0.423 e. The van der Waals surface area contributed by atoms with Crippen molar-refractivity contribution >= 4 is 23.5 Å². The summed E-state index contributed by atoms with van der Waals surface area (Å²) in [5.74, 6) is 0.304. The van der Waals surface area contributed by atoms with E-state index in [1.165, 1.54) is 6.20 Å². The minimum atomic E-state index is -3.46. The van der Waals surface area contributed by atoms with Gasteiger partial charge in [-0.15, -0.1) is 0 Å². The molecule has 72 valence electrons. The Morgan fingerprint density at radius 1 is 1.69 bits per heavy atom. The van der Waals surface area contributed by atoms with Gasteiger partial charge in [-0.2, -0.15) is 0 Å². The summed E-state index contributed by atoms with van der Waals surface area (Å²) in [5, 5.41) is 0.649. The Morgan fingerprint density at radius 3 is 2.77 bits per heavy atom. The first kappa shape index (κ1) is 10.7. The standard InChI is InChI=1S/C7H9BrNO3P/c1-13(10,11)12-7-3-2-6(4-8)9-5-7/h2-3,5H,4H2,1H3,(H,10,11). The molecule has 1 unspecified atom stereocenters. The summed E-state index contributed by atoms with van der Waals surface area (Å²) < 4.78 is 15.6. The zero-order valence-electron chi connectivity index (χ0n) is 6.98. The first-order valence-corrected chi connectivity index (χ1v) is 6.66. The van der Waals surface area contributed by atoms with Gasteiger partial charge < -0.3 is 9.42 Å². The van der Waals surface area contributed by atoms with Crippen molar-refractivity contribution in [2.45, 2.75) is 5.33 Å². The molecule has 1 atom stereocenters. The molecule has 4 nitrogen and oxygen atoms in total. The number of rotatable bonds is 3. The normalized spacial score (nSPS) is 15.0. The predicted molar refractivity (Wildman–Crippen MR) is 53.2 cm³/mol. The Kier molecular flexibility index (Phi) is 3.47. The topological polar surface area (TPSA) is 59.4 Å². The van der Waals surface area contributed by atoms with Gasteiger partial charge in [-0.3, -0.25) is 4.98 Å². The van der Waals surface area contributed by atoms with Gasteiger partial charge in [-0.25, -0.2) is 4.57 Å². The Labute approximate surface area is 84.6 Å². The lowest BCUT2D eigenvalue weighted by atomic mass is 10.4. The fourth-order valence-corrected chi connectivity index (χ4v) is 1.57. The van der Waals surface area contributed by atoms with E-state index in [9.17, 15) is 4.57 Å². The summed E-state index contributed by atoms with van der Waals surface area (Å²) in [6.45, 7) is 1.13. The van der Waals surface area contributed by atoms with E-state index in [1.54, 1.807) is 12.1 Å². The smallest absolute Gasteiger partial charge is 0.373 e. The number of alkyl halides is 1. The van der Waals surface area contributed by atoms with Crippen LogP contribution in [0.15, 0.2) is 18.3 Å². The van der Waals surface area contributed by atoms with E-state index in [2.05, 4.69) is 20.9 Å². The third kappa shape index (κ3) is 3.89. The van der Waals surface area contributed by atoms with Crippen LogP contribution in [0.2, 0.25) is 0 Å². The summed E-state index contributed by atoms with van der Waals surface area (Å²) in [6, 6.07) is 3.33. The van der Waals surface area contributed by atoms with Gasteiger partial charge in [0.1, 0.15) is 5.75 Å². The Hall–Kier alpha value is -0.380. The van der Waals surface area contributed by atoms with Gasteiger partial charge in [-0.1, -0.05) is 15.9 Å². The molecule has 0 amide bonds. The molecular weight excluding hydrogens is 257 g/mol. The molecule has 1 N–H and O–H groups in total. The van der Waals surface area contributed by atoms with Gasteiger partial charge in [0.2, 0.25) is 0 Å². The van der Waals surface area contributed by atoms with Crippen LogP contribution in [-0.4, -0.2) is 16.5 Å². The molecule has 0 aliphatic carbocycles. The monoisotopic (exact) mass is 265 g/mol. The summed E-state index contributed by atoms with van der Waals surface area (Å²) in [7, 11) is -3.46. The van der Waals surface area contributed by atoms with Gasteiger partial charge >= 0.3 is 7.60 Å². The van der Waals surface area contributed by atoms with Crippen molar-refractivity contribution in [3.05, 3.63) is 24.0 Å². The maximum Gasteiger partial charge on any atom is 0.373 e. The average Bonchev–Trinajstić information content (AvgIpc) is 2.03. The molecule has 1 aromatic heterocycles. The molecule has 0 saturated heterocycles. The van der Waals surface area contributed by atoms with E-state index < -0.39 is 7.60 Å². The molecule has 0 saturated carbocycles. The summed E-state index contributed by atoms with van der Waals surface area (Å²) in [5.41, 5.74) is 0.844. The zero-order valence-corrected chi connectivity index (χ0v) is 9.46. The van der Waals surface area contributed by atoms with Crippen LogP contribution in [0.3, 0.4) is 0 Å². The van der Waals surface area contributed by atoms with Crippen molar-refractivity contribution in [1.29, 1.82) is 0 Å². The molecule has 1 aromatic rings. The molecule has 0 bridgehead atoms. The lowest BCUT2D eigenvalue weighted by Gasteiger charge is -2.07. The Balaban J connectivity index is 2.76. The van der Waals surface area contributed by atoms with Gasteiger partial charge in [0.05, 0.1) is 11.9 Å². The van der Waals surface area contributed by atoms with Gasteiger partial charge in [-0.05, 0) is 12.1 Å². The molecule has 0 aliphatic heterocycles. The first-order chi connectivity index (χ1) is 6.01. The molecule has 0 spiro atoms. The fraction of sp³-hybridized carbons (Fsp3) is 0.286. The van der Waals surface area contributed by atoms with Crippen LogP contribution >= 0.6 is 23.5 Å². The summed E-state index contributed by atoms with van der Waals surface area (Å²) >= 11 is 3.24. The van der Waals surface area contributed by atoms with E-state index in [1.807, 2.05) is 0 Å². The highest BCUT2D eigenvalue weighted by Gasteiger charge is 2.11. The van der Waals surface area contributed by atoms with Crippen LogP contribution in [0.1, 0.15) is 5.69 Å². The predicted octanol–water partition coefficient (Wildman–Crippen LogP) is 2.17. The van der Waals surface area contributed by atoms with E-state index in [0.717, 1.165) is 12.4 Å². The maximum atomic E-state index is 10.8. The molecular formula is C7H9BrNO3P. The summed E-state index contributed by atoms with van der Waals surface area (Å²) in [6.07, 6.45) is 1.42. The minimum Gasteiger partial charge on any atom is -0.423 e. The van der Waals surface area contributed by atoms with Crippen LogP contribution in [0.25, 0.3) is 0 Å². The summed E-state index contributed by atoms with van der Waals surface area (Å²) in [4.78, 5) is 12.9. The number of hydrogen-bond donors (Lipinski definition) is 1. The molecule has 0 aromatic carbocycles. The number of halogens is 1. The van der Waals surface area contributed by atoms with Crippen LogP contribution in [-0.2, 0) is 9.90 Å². The van der Waals surface area contributed by atoms with Crippen molar-refractivity contribution in [2.75, 3.05) is 6.66 Å². The van der Waals surface area contributed by atoms with Crippen LogP contribution in [0.5, 0.6) is 5.75 Å². The van der Waals surface area contributed by atoms with Crippen molar-refractivity contribution in [1.82, 2.24) is 4.98 Å². The SMILES string of the molecule is CP(=O)(O)Oc1ccc(CBr)nc1. The highest BCUT2D eigenvalue weighted by atomic mass is 79.9. The Bertz CT molecular complexity index is 321. The van der Waals surface area contributed by atoms with E-state index in [0.29, 0.717) is 11.1 Å². The molecule has 0 radical (unpaired) electrons. The van der Waals surface area contributed by atoms with Crippen molar-refractivity contribution in [2.24, 2.45) is 0 Å². The quantitative estimate of drug-likeness (QED) is 0.672. The van der Waals surface area contributed by atoms with Crippen molar-refractivity contribution in [3.8, 4) is 5.75 Å². The molecule has 1 rings (SSSR count). The van der Waals surface area contributed by atoms with Crippen LogP contribution in [0.4, 0.5) is 0 Å². The second-order valence-corrected chi connectivity index (χ2v) is 4.86. The van der Waals surface area contributed by atoms with E-state index in [-0.39, 0.29) is 0 Å². The van der Waals surface area contributed by atoms with Crippen molar-refractivity contribution < 1.29 is 14.0 Å². The maximum absolute atomic E-state index is 10.8. The molecule has 13 heavy (non-hydrogen) atoms. The first-order valence-electron chi connectivity index (χ1n) is 3.52. The lowest BCUT2D eigenvalue weighted by Crippen LogP contribution is -1.91. The second-order valence-electron chi connectivity index (χ2n) is 2.51.